The fourth-order valence-corrected chi connectivity index (χ4v) is 7.48. The van der Waals surface area contributed by atoms with E-state index in [0.29, 0.717) is 29.4 Å². The molecule has 2 aromatic carbocycles. The largest absolute Gasteiger partial charge is 0.465 e. The number of nitrogens with zero attached hydrogens (tertiary/aromatic N) is 5. The van der Waals surface area contributed by atoms with Crippen LogP contribution in [0.5, 0.6) is 0 Å². The van der Waals surface area contributed by atoms with E-state index in [1.807, 2.05) is 43.0 Å². The molecule has 3 aromatic rings. The van der Waals surface area contributed by atoms with Gasteiger partial charge in [-0.05, 0) is 49.6 Å². The number of pyridine rings is 1. The lowest BCUT2D eigenvalue weighted by atomic mass is 10.0. The molecule has 1 unspecified atom stereocenters. The average Bonchev–Trinajstić information content (AvgIpc) is 2.89. The Labute approximate surface area is 238 Å². The van der Waals surface area contributed by atoms with Crippen molar-refractivity contribution < 1.29 is 18.9 Å². The molecule has 3 heterocycles. The van der Waals surface area contributed by atoms with Crippen LogP contribution in [0.3, 0.4) is 0 Å². The van der Waals surface area contributed by atoms with Crippen LogP contribution in [0, 0.1) is 5.82 Å². The Bertz CT molecular complexity index is 1560. The molecule has 0 bridgehead atoms. The number of fused-ring (bicyclic) bond motifs is 1. The van der Waals surface area contributed by atoms with Gasteiger partial charge in [0.15, 0.2) is 5.82 Å². The lowest BCUT2D eigenvalue weighted by molar-refractivity contribution is 0.0751. The zero-order valence-corrected chi connectivity index (χ0v) is 24.7. The van der Waals surface area contributed by atoms with Crippen LogP contribution < -0.4 is 4.67 Å². The summed E-state index contributed by atoms with van der Waals surface area (Å²) in [4.78, 5) is 20.1. The Morgan fingerprint density at radius 2 is 1.75 bits per heavy atom. The number of amidine groups is 1. The van der Waals surface area contributed by atoms with Gasteiger partial charge >= 0.3 is 6.09 Å². The second-order valence-electron chi connectivity index (χ2n) is 10.7. The van der Waals surface area contributed by atoms with Gasteiger partial charge in [-0.3, -0.25) is 9.24 Å². The summed E-state index contributed by atoms with van der Waals surface area (Å²) in [5, 5.41) is 9.89. The van der Waals surface area contributed by atoms with Crippen molar-refractivity contribution >= 4 is 42.5 Å². The van der Waals surface area contributed by atoms with Crippen LogP contribution in [0.4, 0.5) is 20.7 Å². The highest BCUT2D eigenvalue weighted by molar-refractivity contribution is 7.64. The van der Waals surface area contributed by atoms with Crippen molar-refractivity contribution in [1.29, 1.82) is 0 Å². The average molecular weight is 584 g/mol. The normalized spacial score (nSPS) is 22.8. The van der Waals surface area contributed by atoms with Gasteiger partial charge in [-0.25, -0.2) is 14.2 Å². The summed E-state index contributed by atoms with van der Waals surface area (Å²) in [6.07, 6.45) is -0.984. The highest BCUT2D eigenvalue weighted by Gasteiger charge is 2.42. The minimum atomic E-state index is -3.51. The number of halogens is 2. The maximum atomic E-state index is 14.9. The number of carbonyl (C=O) groups is 1. The summed E-state index contributed by atoms with van der Waals surface area (Å²) in [6, 6.07) is 15.1. The van der Waals surface area contributed by atoms with E-state index in [-0.39, 0.29) is 40.8 Å². The van der Waals surface area contributed by atoms with Gasteiger partial charge in [0.25, 0.3) is 7.44 Å². The number of aromatic nitrogens is 1. The molecule has 0 radical (unpaired) electrons. The molecule has 2 aliphatic rings. The Kier molecular flexibility index (Phi) is 7.40. The van der Waals surface area contributed by atoms with Gasteiger partial charge in [0, 0.05) is 37.4 Å². The van der Waals surface area contributed by atoms with Crippen molar-refractivity contribution in [3.05, 3.63) is 76.6 Å². The number of piperazine rings is 1. The maximum Gasteiger partial charge on any atom is 0.407 e. The third kappa shape index (κ3) is 4.86. The number of hydrogen-bond donors (Lipinski definition) is 1. The third-order valence-corrected chi connectivity index (χ3v) is 9.46. The van der Waals surface area contributed by atoms with Gasteiger partial charge in [-0.2, -0.15) is 4.76 Å². The summed E-state index contributed by atoms with van der Waals surface area (Å²) in [5.41, 5.74) is 2.71. The Hall–Kier alpha value is -3.42. The number of hydrogen-bond acceptors (Lipinski definition) is 4. The number of amides is 1. The molecule has 1 aromatic heterocycles. The van der Waals surface area contributed by atoms with Crippen molar-refractivity contribution in [3.63, 3.8) is 0 Å². The number of para-hydroxylation sites is 1. The van der Waals surface area contributed by atoms with Gasteiger partial charge < -0.3 is 14.9 Å². The molecule has 2 aliphatic heterocycles. The molecule has 8 nitrogen and oxygen atoms in total. The van der Waals surface area contributed by atoms with Crippen LogP contribution in [0.2, 0.25) is 5.02 Å². The minimum absolute atomic E-state index is 0.119. The number of carboxylic acid groups (broad SMARTS) is 1. The van der Waals surface area contributed by atoms with Gasteiger partial charge in [0.1, 0.15) is 11.7 Å². The Morgan fingerprint density at radius 3 is 2.42 bits per heavy atom. The van der Waals surface area contributed by atoms with Crippen LogP contribution in [-0.4, -0.2) is 63.7 Å². The van der Waals surface area contributed by atoms with E-state index in [2.05, 4.69) is 13.8 Å². The molecule has 0 aliphatic carbocycles. The number of rotatable bonds is 3. The van der Waals surface area contributed by atoms with Crippen LogP contribution in [0.1, 0.15) is 44.7 Å². The van der Waals surface area contributed by atoms with Crippen molar-refractivity contribution in [2.75, 3.05) is 24.4 Å². The van der Waals surface area contributed by atoms with E-state index < -0.39 is 19.4 Å². The monoisotopic (exact) mass is 583 g/mol. The first kappa shape index (κ1) is 28.1. The zero-order chi connectivity index (χ0) is 28.9. The van der Waals surface area contributed by atoms with Gasteiger partial charge in [0.05, 0.1) is 22.0 Å². The second-order valence-corrected chi connectivity index (χ2v) is 13.4. The Balaban J connectivity index is 1.75. The Morgan fingerprint density at radius 1 is 1.07 bits per heavy atom. The van der Waals surface area contributed by atoms with E-state index in [1.165, 1.54) is 11.0 Å². The van der Waals surface area contributed by atoms with E-state index in [1.54, 1.807) is 35.6 Å². The predicted octanol–water partition coefficient (Wildman–Crippen LogP) is 7.46. The molecule has 0 saturated carbocycles. The molecule has 0 spiro atoms. The molecule has 210 valence electrons. The number of benzene rings is 2. The van der Waals surface area contributed by atoms with E-state index in [4.69, 9.17) is 21.3 Å². The molecule has 1 amide bonds. The topological polar surface area (TPSA) is 89.3 Å². The molecular weight excluding hydrogens is 552 g/mol. The van der Waals surface area contributed by atoms with E-state index in [0.717, 1.165) is 5.56 Å². The molecule has 40 heavy (non-hydrogen) atoms. The lowest BCUT2D eigenvalue weighted by Gasteiger charge is -2.46. The fraction of sp³-hybridized carbons (Fsp3) is 0.345. The summed E-state index contributed by atoms with van der Waals surface area (Å²) in [6.45, 7) is 10.1. The van der Waals surface area contributed by atoms with Crippen molar-refractivity contribution in [2.24, 2.45) is 4.76 Å². The maximum absolute atomic E-state index is 14.9. The van der Waals surface area contributed by atoms with Gasteiger partial charge in [-0.15, -0.1) is 0 Å². The highest BCUT2D eigenvalue weighted by atomic mass is 35.5. The minimum Gasteiger partial charge on any atom is -0.465 e. The molecule has 1 saturated heterocycles. The fourth-order valence-electron chi connectivity index (χ4n) is 5.48. The molecule has 1 N–H and O–H groups in total. The standard InChI is InChI=1S/C29H32ClFN5O3P/c1-17(2)20-10-7-9-13-25(20)36-27-22(14-23(30)26(32-27)21-11-6-8-12-24(21)31)28(33-40(36,5)39)34-15-19(4)35(29(37)38)16-18(34)3/h6-14,17-19H,15-16H2,1-5H3,(H,37,38)/t18-,19+,40?/m0/s1. The second kappa shape index (κ2) is 10.5. The molecule has 5 rings (SSSR count). The van der Waals surface area contributed by atoms with E-state index in [9.17, 15) is 18.9 Å². The molecule has 11 heteroatoms. The van der Waals surface area contributed by atoms with Crippen LogP contribution in [0.15, 0.2) is 59.4 Å². The smallest absolute Gasteiger partial charge is 0.407 e. The lowest BCUT2D eigenvalue weighted by Crippen LogP contribution is -2.59. The predicted molar refractivity (Wildman–Crippen MR) is 158 cm³/mol. The molecular formula is C29H32ClFN5O3P. The van der Waals surface area contributed by atoms with Crippen LogP contribution in [-0.2, 0) is 4.57 Å². The quantitative estimate of drug-likeness (QED) is 0.322. The van der Waals surface area contributed by atoms with E-state index >= 15 is 0 Å². The zero-order valence-electron chi connectivity index (χ0n) is 23.0. The van der Waals surface area contributed by atoms with Crippen molar-refractivity contribution in [2.45, 2.75) is 45.7 Å². The summed E-state index contributed by atoms with van der Waals surface area (Å²) < 4.78 is 36.0. The first-order chi connectivity index (χ1) is 18.9. The van der Waals surface area contributed by atoms with Gasteiger partial charge in [-0.1, -0.05) is 55.8 Å². The van der Waals surface area contributed by atoms with Crippen molar-refractivity contribution in [1.82, 2.24) is 14.8 Å². The van der Waals surface area contributed by atoms with Crippen molar-refractivity contribution in [3.8, 4) is 11.3 Å². The first-order valence-electron chi connectivity index (χ1n) is 13.2. The molecule has 3 atom stereocenters. The first-order valence-corrected chi connectivity index (χ1v) is 15.6. The SMILES string of the molecule is CC(C)c1ccccc1N1c2nc(-c3ccccc3F)c(Cl)cc2C(N2C[C@@H](C)N(C(=O)O)C[C@@H]2C)=NP1(C)=O. The van der Waals surface area contributed by atoms with Crippen LogP contribution in [0.25, 0.3) is 11.3 Å². The summed E-state index contributed by atoms with van der Waals surface area (Å²) in [7, 11) is -3.51. The number of anilines is 2. The summed E-state index contributed by atoms with van der Waals surface area (Å²) in [5.74, 6) is 0.459. The van der Waals surface area contributed by atoms with Crippen LogP contribution >= 0.6 is 19.0 Å². The third-order valence-electron chi connectivity index (χ3n) is 7.47. The molecule has 1 fully saturated rings. The van der Waals surface area contributed by atoms with Gasteiger partial charge in [0.2, 0.25) is 0 Å². The summed E-state index contributed by atoms with van der Waals surface area (Å²) >= 11 is 6.77. The highest BCUT2D eigenvalue weighted by Crippen LogP contribution is 2.60.